The molecule has 0 atom stereocenters. The van der Waals surface area contributed by atoms with Gasteiger partial charge in [0.05, 0.1) is 12.7 Å². The highest BCUT2D eigenvalue weighted by atomic mass is 16.5. The van der Waals surface area contributed by atoms with E-state index in [9.17, 15) is 5.26 Å². The van der Waals surface area contributed by atoms with Gasteiger partial charge in [0.1, 0.15) is 23.0 Å². The zero-order chi connectivity index (χ0) is 22.0. The van der Waals surface area contributed by atoms with Gasteiger partial charge in [0.15, 0.2) is 0 Å². The molecule has 2 aromatic carbocycles. The van der Waals surface area contributed by atoms with Crippen molar-refractivity contribution >= 4 is 5.69 Å². The molecule has 0 aliphatic carbocycles. The first-order chi connectivity index (χ1) is 13.7. The van der Waals surface area contributed by atoms with E-state index < -0.39 is 5.60 Å². The van der Waals surface area contributed by atoms with Crippen molar-refractivity contribution in [1.29, 1.82) is 5.26 Å². The van der Waals surface area contributed by atoms with E-state index in [0.29, 0.717) is 17.9 Å². The van der Waals surface area contributed by atoms with Crippen molar-refractivity contribution in [3.05, 3.63) is 48.0 Å². The van der Waals surface area contributed by atoms with Gasteiger partial charge in [0.25, 0.3) is 0 Å². The molecule has 0 bridgehead atoms. The molecule has 0 saturated heterocycles. The SMILES string of the molecule is CC.CC(C)OCCC(C)(C)Oc1cccc(-c2ccc(N(C)C)cc2)c1C#N. The Labute approximate surface area is 177 Å². The van der Waals surface area contributed by atoms with Gasteiger partial charge in [0.2, 0.25) is 0 Å². The maximum atomic E-state index is 9.79. The van der Waals surface area contributed by atoms with Gasteiger partial charge in [-0.1, -0.05) is 38.1 Å². The molecule has 4 heteroatoms. The van der Waals surface area contributed by atoms with Crippen LogP contribution in [0.4, 0.5) is 5.69 Å². The van der Waals surface area contributed by atoms with E-state index in [0.717, 1.165) is 23.2 Å². The number of anilines is 1. The van der Waals surface area contributed by atoms with E-state index in [-0.39, 0.29) is 6.10 Å². The standard InChI is InChI=1S/C23H30N2O2.C2H6/c1-17(2)26-15-14-23(3,4)27-22-9-7-8-20(21(22)16-24)18-10-12-19(13-11-18)25(5)6;1-2/h7-13,17H,14-15H2,1-6H3;1-2H3. The van der Waals surface area contributed by atoms with Gasteiger partial charge in [-0.15, -0.1) is 0 Å². The summed E-state index contributed by atoms with van der Waals surface area (Å²) in [6, 6.07) is 16.3. The van der Waals surface area contributed by atoms with Crippen molar-refractivity contribution in [2.24, 2.45) is 0 Å². The largest absolute Gasteiger partial charge is 0.486 e. The Balaban J connectivity index is 0.00000204. The van der Waals surface area contributed by atoms with Crippen LogP contribution < -0.4 is 9.64 Å². The quantitative estimate of drug-likeness (QED) is 0.526. The molecule has 0 saturated carbocycles. The molecule has 0 spiro atoms. The molecule has 2 rings (SSSR count). The molecule has 0 aromatic heterocycles. The summed E-state index contributed by atoms with van der Waals surface area (Å²) in [6.07, 6.45) is 0.946. The van der Waals surface area contributed by atoms with Crippen LogP contribution in [0.2, 0.25) is 0 Å². The summed E-state index contributed by atoms with van der Waals surface area (Å²) in [6.45, 7) is 12.7. The van der Waals surface area contributed by atoms with Crippen LogP contribution in [-0.4, -0.2) is 32.4 Å². The van der Waals surface area contributed by atoms with E-state index in [1.807, 2.05) is 86.0 Å². The lowest BCUT2D eigenvalue weighted by molar-refractivity contribution is 0.0230. The topological polar surface area (TPSA) is 45.5 Å². The lowest BCUT2D eigenvalue weighted by Gasteiger charge is -2.28. The summed E-state index contributed by atoms with van der Waals surface area (Å²) in [5.74, 6) is 0.612. The predicted octanol–water partition coefficient (Wildman–Crippen LogP) is 6.29. The Morgan fingerprint density at radius 1 is 1.03 bits per heavy atom. The number of hydrogen-bond donors (Lipinski definition) is 0. The summed E-state index contributed by atoms with van der Waals surface area (Å²) in [5.41, 5.74) is 3.15. The Morgan fingerprint density at radius 3 is 2.17 bits per heavy atom. The maximum absolute atomic E-state index is 9.79. The molecule has 158 valence electrons. The van der Waals surface area contributed by atoms with Gasteiger partial charge in [-0.25, -0.2) is 0 Å². The molecule has 29 heavy (non-hydrogen) atoms. The van der Waals surface area contributed by atoms with Gasteiger partial charge < -0.3 is 14.4 Å². The van der Waals surface area contributed by atoms with Crippen LogP contribution in [0.15, 0.2) is 42.5 Å². The molecule has 0 N–H and O–H groups in total. The van der Waals surface area contributed by atoms with Crippen molar-refractivity contribution in [3.8, 4) is 22.9 Å². The summed E-state index contributed by atoms with van der Waals surface area (Å²) in [5, 5.41) is 9.79. The molecular weight excluding hydrogens is 360 g/mol. The van der Waals surface area contributed by atoms with Crippen molar-refractivity contribution in [3.63, 3.8) is 0 Å². The average molecular weight is 397 g/mol. The van der Waals surface area contributed by atoms with Crippen LogP contribution >= 0.6 is 0 Å². The first-order valence-corrected chi connectivity index (χ1v) is 10.3. The second-order valence-electron chi connectivity index (χ2n) is 7.76. The van der Waals surface area contributed by atoms with Crippen molar-refractivity contribution in [1.82, 2.24) is 0 Å². The van der Waals surface area contributed by atoms with Crippen molar-refractivity contribution < 1.29 is 9.47 Å². The summed E-state index contributed by atoms with van der Waals surface area (Å²) in [7, 11) is 4.02. The monoisotopic (exact) mass is 396 g/mol. The minimum Gasteiger partial charge on any atom is -0.486 e. The Kier molecular flexibility index (Phi) is 9.71. The smallest absolute Gasteiger partial charge is 0.138 e. The van der Waals surface area contributed by atoms with Crippen LogP contribution in [0.5, 0.6) is 5.75 Å². The second kappa shape index (κ2) is 11.5. The van der Waals surface area contributed by atoms with Crippen LogP contribution in [-0.2, 0) is 4.74 Å². The third kappa shape index (κ3) is 7.44. The van der Waals surface area contributed by atoms with Crippen LogP contribution in [0.25, 0.3) is 11.1 Å². The fourth-order valence-corrected chi connectivity index (χ4v) is 2.80. The minimum absolute atomic E-state index is 0.198. The first kappa shape index (κ1) is 24.5. The number of benzene rings is 2. The van der Waals surface area contributed by atoms with E-state index in [2.05, 4.69) is 23.1 Å². The number of nitriles is 1. The molecule has 0 fully saturated rings. The van der Waals surface area contributed by atoms with E-state index >= 15 is 0 Å². The van der Waals surface area contributed by atoms with Crippen LogP contribution in [0, 0.1) is 11.3 Å². The van der Waals surface area contributed by atoms with Gasteiger partial charge in [0, 0.05) is 31.8 Å². The third-order valence-electron chi connectivity index (χ3n) is 4.37. The minimum atomic E-state index is -0.423. The highest BCUT2D eigenvalue weighted by Crippen LogP contribution is 2.33. The lowest BCUT2D eigenvalue weighted by atomic mass is 9.98. The number of ether oxygens (including phenoxy) is 2. The molecular formula is C25H36N2O2. The van der Waals surface area contributed by atoms with Crippen LogP contribution in [0.1, 0.15) is 53.5 Å². The summed E-state index contributed by atoms with van der Waals surface area (Å²) in [4.78, 5) is 2.05. The second-order valence-corrected chi connectivity index (χ2v) is 7.76. The Bertz CT molecular complexity index is 787. The van der Waals surface area contributed by atoms with Crippen LogP contribution in [0.3, 0.4) is 0 Å². The van der Waals surface area contributed by atoms with Gasteiger partial charge in [-0.2, -0.15) is 5.26 Å². The normalized spacial score (nSPS) is 10.8. The highest BCUT2D eigenvalue weighted by molar-refractivity contribution is 5.75. The Hall–Kier alpha value is -2.51. The molecule has 0 aliphatic heterocycles. The summed E-state index contributed by atoms with van der Waals surface area (Å²) < 4.78 is 11.9. The van der Waals surface area contributed by atoms with Crippen molar-refractivity contribution in [2.45, 2.75) is 59.7 Å². The van der Waals surface area contributed by atoms with Gasteiger partial charge >= 0.3 is 0 Å². The highest BCUT2D eigenvalue weighted by Gasteiger charge is 2.22. The molecule has 2 aromatic rings. The van der Waals surface area contributed by atoms with E-state index in [1.165, 1.54) is 0 Å². The van der Waals surface area contributed by atoms with E-state index in [4.69, 9.17) is 9.47 Å². The molecule has 4 nitrogen and oxygen atoms in total. The summed E-state index contributed by atoms with van der Waals surface area (Å²) >= 11 is 0. The first-order valence-electron chi connectivity index (χ1n) is 10.3. The van der Waals surface area contributed by atoms with E-state index in [1.54, 1.807) is 0 Å². The maximum Gasteiger partial charge on any atom is 0.138 e. The number of rotatable bonds is 8. The number of nitrogens with zero attached hydrogens (tertiary/aromatic N) is 2. The third-order valence-corrected chi connectivity index (χ3v) is 4.37. The zero-order valence-corrected chi connectivity index (χ0v) is 19.2. The fraction of sp³-hybridized carbons (Fsp3) is 0.480. The van der Waals surface area contributed by atoms with Crippen molar-refractivity contribution in [2.75, 3.05) is 25.6 Å². The zero-order valence-electron chi connectivity index (χ0n) is 19.2. The molecule has 0 aliphatic rings. The fourth-order valence-electron chi connectivity index (χ4n) is 2.80. The predicted molar refractivity (Wildman–Crippen MR) is 123 cm³/mol. The molecule has 0 heterocycles. The van der Waals surface area contributed by atoms with Gasteiger partial charge in [-0.05, 0) is 51.5 Å². The average Bonchev–Trinajstić information content (AvgIpc) is 2.68. The number of hydrogen-bond acceptors (Lipinski definition) is 4. The lowest BCUT2D eigenvalue weighted by Crippen LogP contribution is -2.30. The molecule has 0 amide bonds. The molecule has 0 unspecified atom stereocenters. The van der Waals surface area contributed by atoms with Gasteiger partial charge in [-0.3, -0.25) is 0 Å². The molecule has 0 radical (unpaired) electrons. The Morgan fingerprint density at radius 2 is 1.66 bits per heavy atom.